The molecule has 0 amide bonds. The summed E-state index contributed by atoms with van der Waals surface area (Å²) in [5.74, 6) is 0.199. The molecular formula is C17H23N5O2. The maximum atomic E-state index is 12.0. The molecule has 1 aromatic carbocycles. The summed E-state index contributed by atoms with van der Waals surface area (Å²) in [6, 6.07) is 11.3. The van der Waals surface area contributed by atoms with Crippen LogP contribution < -0.4 is 0 Å². The number of carbonyl (C=O) groups is 1. The maximum Gasteiger partial charge on any atom is 0.162 e. The van der Waals surface area contributed by atoms with Crippen molar-refractivity contribution in [3.63, 3.8) is 0 Å². The number of benzene rings is 1. The highest BCUT2D eigenvalue weighted by Crippen LogP contribution is 2.10. The Hall–Kier alpha value is -2.30. The van der Waals surface area contributed by atoms with Crippen LogP contribution in [0.1, 0.15) is 29.6 Å². The van der Waals surface area contributed by atoms with Gasteiger partial charge in [0.1, 0.15) is 6.54 Å². The van der Waals surface area contributed by atoms with E-state index in [-0.39, 0.29) is 12.3 Å². The summed E-state index contributed by atoms with van der Waals surface area (Å²) in [6.45, 7) is 3.99. The van der Waals surface area contributed by atoms with Crippen LogP contribution in [0.25, 0.3) is 0 Å². The number of unbranched alkanes of at least 4 members (excludes halogenated alkanes) is 1. The fourth-order valence-electron chi connectivity index (χ4n) is 2.82. The monoisotopic (exact) mass is 329 g/mol. The molecule has 24 heavy (non-hydrogen) atoms. The lowest BCUT2D eigenvalue weighted by molar-refractivity contribution is -0.0487. The first-order chi connectivity index (χ1) is 11.7. The van der Waals surface area contributed by atoms with E-state index in [9.17, 15) is 9.70 Å². The molecule has 0 aromatic heterocycles. The molecule has 0 saturated carbocycles. The fourth-order valence-corrected chi connectivity index (χ4v) is 2.82. The number of ketones is 1. The number of hydrogen-bond acceptors (Lipinski definition) is 6. The lowest BCUT2D eigenvalue weighted by atomic mass is 10.1. The van der Waals surface area contributed by atoms with Gasteiger partial charge < -0.3 is 4.90 Å². The third kappa shape index (κ3) is 5.41. The minimum Gasteiger partial charge on any atom is -0.301 e. The van der Waals surface area contributed by atoms with Crippen molar-refractivity contribution in [3.8, 4) is 6.07 Å². The van der Waals surface area contributed by atoms with Crippen LogP contribution in [0.15, 0.2) is 35.6 Å². The summed E-state index contributed by atoms with van der Waals surface area (Å²) in [7, 11) is 0. The van der Waals surface area contributed by atoms with E-state index in [2.05, 4.69) is 10.2 Å². The topological polar surface area (TPSA) is 80.0 Å². The van der Waals surface area contributed by atoms with Crippen molar-refractivity contribution in [2.45, 2.75) is 19.3 Å². The van der Waals surface area contributed by atoms with E-state index < -0.39 is 0 Å². The molecule has 0 unspecified atom stereocenters. The summed E-state index contributed by atoms with van der Waals surface area (Å²) < 4.78 is 0. The van der Waals surface area contributed by atoms with Crippen LogP contribution in [-0.2, 0) is 0 Å². The Morgan fingerprint density at radius 3 is 2.50 bits per heavy atom. The van der Waals surface area contributed by atoms with Crippen LogP contribution in [0.4, 0.5) is 0 Å². The Kier molecular flexibility index (Phi) is 7.33. The van der Waals surface area contributed by atoms with Crippen LogP contribution in [0.3, 0.4) is 0 Å². The summed E-state index contributed by atoms with van der Waals surface area (Å²) in [4.78, 5) is 25.0. The minimum atomic E-state index is -0.00883. The zero-order valence-corrected chi connectivity index (χ0v) is 13.8. The van der Waals surface area contributed by atoms with Crippen molar-refractivity contribution in [3.05, 3.63) is 40.8 Å². The molecule has 7 nitrogen and oxygen atoms in total. The molecule has 0 atom stereocenters. The minimum absolute atomic E-state index is 0.00883. The molecule has 1 aromatic rings. The van der Waals surface area contributed by atoms with Gasteiger partial charge in [-0.3, -0.25) is 4.79 Å². The van der Waals surface area contributed by atoms with Gasteiger partial charge in [0.25, 0.3) is 0 Å². The third-order valence-corrected chi connectivity index (χ3v) is 4.21. The van der Waals surface area contributed by atoms with Gasteiger partial charge in [0.2, 0.25) is 0 Å². The molecule has 7 heteroatoms. The average molecular weight is 329 g/mol. The predicted molar refractivity (Wildman–Crippen MR) is 90.8 cm³/mol. The lowest BCUT2D eigenvalue weighted by Crippen LogP contribution is -2.52. The van der Waals surface area contributed by atoms with E-state index >= 15 is 0 Å². The molecule has 1 saturated heterocycles. The largest absolute Gasteiger partial charge is 0.301 e. The highest BCUT2D eigenvalue weighted by atomic mass is 16.3. The lowest BCUT2D eigenvalue weighted by Gasteiger charge is -2.37. The number of rotatable bonds is 9. The average Bonchev–Trinajstić information content (AvgIpc) is 2.64. The second-order valence-corrected chi connectivity index (χ2v) is 5.81. The number of nitroso groups, excluding NO2 is 1. The molecule has 0 aliphatic carbocycles. The van der Waals surface area contributed by atoms with Crippen LogP contribution >= 0.6 is 0 Å². The Labute approximate surface area is 142 Å². The van der Waals surface area contributed by atoms with Gasteiger partial charge in [-0.25, -0.2) is 0 Å². The molecule has 0 radical (unpaired) electrons. The maximum absolute atomic E-state index is 12.0. The van der Waals surface area contributed by atoms with Gasteiger partial charge in [0.05, 0.1) is 11.4 Å². The number of Topliss-reactive ketones (excluding diaryl/α,β-unsaturated/α-hetero) is 1. The second-order valence-electron chi connectivity index (χ2n) is 5.81. The molecule has 128 valence electrons. The molecule has 0 spiro atoms. The highest BCUT2D eigenvalue weighted by molar-refractivity contribution is 5.95. The third-order valence-electron chi connectivity index (χ3n) is 4.21. The highest BCUT2D eigenvalue weighted by Gasteiger charge is 2.21. The normalized spacial score (nSPS) is 15.6. The van der Waals surface area contributed by atoms with Gasteiger partial charge in [-0.2, -0.15) is 15.4 Å². The summed E-state index contributed by atoms with van der Waals surface area (Å²) in [6.07, 6.45) is 2.44. The number of piperazine rings is 1. The molecule has 0 bridgehead atoms. The van der Waals surface area contributed by atoms with Crippen molar-refractivity contribution < 1.29 is 4.79 Å². The smallest absolute Gasteiger partial charge is 0.162 e. The Morgan fingerprint density at radius 2 is 1.88 bits per heavy atom. The number of hydrogen-bond donors (Lipinski definition) is 0. The molecule has 1 aliphatic rings. The number of carbonyl (C=O) groups excluding carboxylic acids is 1. The number of hydrazine groups is 1. The zero-order valence-electron chi connectivity index (χ0n) is 13.8. The van der Waals surface area contributed by atoms with Crippen molar-refractivity contribution in [2.75, 3.05) is 39.3 Å². The molecule has 1 aliphatic heterocycles. The Morgan fingerprint density at radius 1 is 1.17 bits per heavy atom. The fraction of sp³-hybridized carbons (Fsp3) is 0.529. The van der Waals surface area contributed by atoms with Gasteiger partial charge in [-0.15, -0.1) is 4.91 Å². The van der Waals surface area contributed by atoms with E-state index in [1.165, 1.54) is 5.12 Å². The van der Waals surface area contributed by atoms with Crippen LogP contribution in [-0.4, -0.2) is 60.1 Å². The first-order valence-corrected chi connectivity index (χ1v) is 8.28. The summed E-state index contributed by atoms with van der Waals surface area (Å²) in [5, 5.41) is 14.5. The first-order valence-electron chi connectivity index (χ1n) is 8.28. The molecular weight excluding hydrogens is 306 g/mol. The van der Waals surface area contributed by atoms with Gasteiger partial charge in [0, 0.05) is 38.2 Å². The van der Waals surface area contributed by atoms with Crippen molar-refractivity contribution in [1.82, 2.24) is 15.0 Å². The standard InChI is InChI=1S/C17H23N5O2/c18-9-11-22(19-24)21-14-12-20(13-15-21)10-5-4-8-17(23)16-6-2-1-3-7-16/h1-3,6-7H,4-5,8,10-15H2. The van der Waals surface area contributed by atoms with Gasteiger partial charge in [-0.05, 0) is 19.4 Å². The second kappa shape index (κ2) is 9.75. The zero-order chi connectivity index (χ0) is 17.2. The van der Waals surface area contributed by atoms with Crippen LogP contribution in [0.2, 0.25) is 0 Å². The van der Waals surface area contributed by atoms with E-state index in [0.29, 0.717) is 19.5 Å². The van der Waals surface area contributed by atoms with Crippen LogP contribution in [0.5, 0.6) is 0 Å². The van der Waals surface area contributed by atoms with E-state index in [1.54, 1.807) is 0 Å². The first kappa shape index (κ1) is 18.0. The summed E-state index contributed by atoms with van der Waals surface area (Å²) in [5.41, 5.74) is 0.782. The van der Waals surface area contributed by atoms with E-state index in [4.69, 9.17) is 5.26 Å². The quantitative estimate of drug-likeness (QED) is 0.227. The van der Waals surface area contributed by atoms with Crippen LogP contribution in [0, 0.1) is 16.2 Å². The van der Waals surface area contributed by atoms with E-state index in [1.807, 2.05) is 41.4 Å². The van der Waals surface area contributed by atoms with Gasteiger partial charge >= 0.3 is 0 Å². The molecule has 0 N–H and O–H groups in total. The van der Waals surface area contributed by atoms with E-state index in [0.717, 1.165) is 38.0 Å². The van der Waals surface area contributed by atoms with Gasteiger partial charge in [0.15, 0.2) is 5.78 Å². The van der Waals surface area contributed by atoms with Crippen molar-refractivity contribution in [1.29, 1.82) is 5.26 Å². The SMILES string of the molecule is N#CCN(N=O)N1CCN(CCCCC(=O)c2ccccc2)CC1. The van der Waals surface area contributed by atoms with Crippen molar-refractivity contribution in [2.24, 2.45) is 5.29 Å². The Balaban J connectivity index is 1.62. The molecule has 1 fully saturated rings. The predicted octanol–water partition coefficient (Wildman–Crippen LogP) is 2.08. The van der Waals surface area contributed by atoms with Crippen molar-refractivity contribution >= 4 is 5.78 Å². The number of nitrogens with zero attached hydrogens (tertiary/aromatic N) is 5. The Bertz CT molecular complexity index is 564. The van der Waals surface area contributed by atoms with Gasteiger partial charge in [-0.1, -0.05) is 30.3 Å². The number of nitriles is 1. The summed E-state index contributed by atoms with van der Waals surface area (Å²) >= 11 is 0. The molecule has 2 rings (SSSR count). The molecule has 1 heterocycles.